The third kappa shape index (κ3) is 7.85. The smallest absolute Gasteiger partial charge is 0.475 e. The summed E-state index contributed by atoms with van der Waals surface area (Å²) in [7, 11) is 0. The van der Waals surface area contributed by atoms with E-state index < -0.39 is 24.3 Å². The number of hydrogen-bond acceptors (Lipinski definition) is 10. The van der Waals surface area contributed by atoms with E-state index in [4.69, 9.17) is 30.0 Å². The van der Waals surface area contributed by atoms with Crippen molar-refractivity contribution in [3.8, 4) is 22.5 Å². The van der Waals surface area contributed by atoms with Crippen molar-refractivity contribution < 1.29 is 55.7 Å². The second-order valence-electron chi connectivity index (χ2n) is 9.60. The molecule has 5 N–H and O–H groups in total. The Balaban J connectivity index is 0.000000277. The molecular formula is C26H22F6N6O6S. The van der Waals surface area contributed by atoms with Gasteiger partial charge in [0.1, 0.15) is 5.76 Å². The number of carboxylic acids is 2. The van der Waals surface area contributed by atoms with Gasteiger partial charge in [-0.15, -0.1) is 11.3 Å². The number of aromatic nitrogens is 5. The minimum atomic E-state index is -5.08. The van der Waals surface area contributed by atoms with Gasteiger partial charge in [0.05, 0.1) is 35.4 Å². The number of carbonyl (C=O) groups is 2. The lowest BCUT2D eigenvalue weighted by Crippen LogP contribution is -2.21. The molecule has 0 aliphatic heterocycles. The Morgan fingerprint density at radius 2 is 1.51 bits per heavy atom. The summed E-state index contributed by atoms with van der Waals surface area (Å²) in [6.45, 7) is 0. The Hall–Kier alpha value is -4.78. The number of rotatable bonds is 3. The Kier molecular flexibility index (Phi) is 9.62. The summed E-state index contributed by atoms with van der Waals surface area (Å²) >= 11 is 1.60. The minimum Gasteiger partial charge on any atom is -0.475 e. The van der Waals surface area contributed by atoms with E-state index in [1.165, 1.54) is 0 Å². The van der Waals surface area contributed by atoms with E-state index in [0.717, 1.165) is 63.6 Å². The zero-order valence-corrected chi connectivity index (χ0v) is 23.4. The number of aliphatic hydroxyl groups excluding tert-OH is 1. The first-order valence-electron chi connectivity index (χ1n) is 12.7. The molecule has 0 aromatic carbocycles. The first-order valence-corrected chi connectivity index (χ1v) is 13.6. The van der Waals surface area contributed by atoms with Gasteiger partial charge in [-0.2, -0.15) is 41.6 Å². The van der Waals surface area contributed by atoms with E-state index in [1.54, 1.807) is 29.9 Å². The highest BCUT2D eigenvalue weighted by atomic mass is 32.1. The topological polar surface area (TPSA) is 190 Å². The van der Waals surface area contributed by atoms with E-state index in [2.05, 4.69) is 26.5 Å². The Morgan fingerprint density at radius 3 is 2.11 bits per heavy atom. The van der Waals surface area contributed by atoms with Crippen LogP contribution in [0.4, 0.5) is 32.2 Å². The van der Waals surface area contributed by atoms with Gasteiger partial charge in [-0.05, 0) is 31.7 Å². The van der Waals surface area contributed by atoms with E-state index >= 15 is 0 Å². The average Bonchev–Trinajstić information content (AvgIpc) is 3.72. The molecule has 0 radical (unpaired) electrons. The summed E-state index contributed by atoms with van der Waals surface area (Å²) < 4.78 is 72.7. The molecule has 0 saturated heterocycles. The van der Waals surface area contributed by atoms with Crippen molar-refractivity contribution in [1.29, 1.82) is 0 Å². The number of aliphatic carboxylic acids is 2. The predicted molar refractivity (Wildman–Crippen MR) is 147 cm³/mol. The zero-order valence-electron chi connectivity index (χ0n) is 22.6. The normalized spacial score (nSPS) is 16.9. The lowest BCUT2D eigenvalue weighted by Gasteiger charge is -2.25. The van der Waals surface area contributed by atoms with Crippen molar-refractivity contribution in [2.75, 3.05) is 5.73 Å². The van der Waals surface area contributed by atoms with E-state index in [0.29, 0.717) is 17.4 Å². The molecule has 0 bridgehead atoms. The minimum absolute atomic E-state index is 0.185. The molecule has 6 rings (SSSR count). The molecule has 1 aliphatic carbocycles. The van der Waals surface area contributed by atoms with Crippen molar-refractivity contribution >= 4 is 50.1 Å². The number of thiophene rings is 1. The van der Waals surface area contributed by atoms with Crippen LogP contribution in [0.25, 0.3) is 43.5 Å². The molecule has 1 aliphatic rings. The van der Waals surface area contributed by atoms with Crippen LogP contribution in [0.1, 0.15) is 31.7 Å². The number of alkyl halides is 6. The summed E-state index contributed by atoms with van der Waals surface area (Å²) in [6.07, 6.45) is 2.35. The molecular weight excluding hydrogens is 638 g/mol. The van der Waals surface area contributed by atoms with Crippen molar-refractivity contribution in [1.82, 2.24) is 25.0 Å². The fourth-order valence-corrected chi connectivity index (χ4v) is 5.27. The van der Waals surface area contributed by atoms with Gasteiger partial charge in [-0.3, -0.25) is 4.68 Å². The van der Waals surface area contributed by atoms with Crippen LogP contribution in [0.3, 0.4) is 0 Å². The maximum atomic E-state index is 10.6. The van der Waals surface area contributed by atoms with Crippen LogP contribution in [-0.4, -0.2) is 70.7 Å². The van der Waals surface area contributed by atoms with Gasteiger partial charge in [0.15, 0.2) is 11.4 Å². The highest BCUT2D eigenvalue weighted by Gasteiger charge is 2.39. The van der Waals surface area contributed by atoms with Crippen LogP contribution in [0, 0.1) is 0 Å². The number of fused-ring (bicyclic) bond motifs is 2. The van der Waals surface area contributed by atoms with Gasteiger partial charge >= 0.3 is 24.3 Å². The van der Waals surface area contributed by atoms with E-state index in [-0.39, 0.29) is 6.10 Å². The number of halogens is 6. The van der Waals surface area contributed by atoms with Gasteiger partial charge in [-0.1, -0.05) is 0 Å². The van der Waals surface area contributed by atoms with Gasteiger partial charge < -0.3 is 25.5 Å². The molecule has 0 unspecified atom stereocenters. The summed E-state index contributed by atoms with van der Waals surface area (Å²) in [5.74, 6) is -4.43. The maximum Gasteiger partial charge on any atom is 0.490 e. The lowest BCUT2D eigenvalue weighted by molar-refractivity contribution is -0.193. The zero-order chi connectivity index (χ0) is 33.1. The maximum absolute atomic E-state index is 10.6. The molecule has 5 aromatic rings. The fourth-order valence-electron chi connectivity index (χ4n) is 4.39. The monoisotopic (exact) mass is 660 g/mol. The first kappa shape index (κ1) is 33.1. The highest BCUT2D eigenvalue weighted by molar-refractivity contribution is 7.17. The summed E-state index contributed by atoms with van der Waals surface area (Å²) in [4.78, 5) is 22.2. The van der Waals surface area contributed by atoms with Crippen molar-refractivity contribution in [2.24, 2.45) is 0 Å². The largest absolute Gasteiger partial charge is 0.490 e. The predicted octanol–water partition coefficient (Wildman–Crippen LogP) is 5.69. The SMILES string of the molecule is Nc1ncc(-c2cnn(C3CCC(O)CC3)c2)c2cc(-c3csc4cnncc34)oc12.O=C(O)C(F)(F)F.O=C(O)C(F)(F)F. The number of nitrogens with two attached hydrogens (primary N) is 1. The summed E-state index contributed by atoms with van der Waals surface area (Å²) in [5.41, 5.74) is 9.59. The quantitative estimate of drug-likeness (QED) is 0.174. The molecule has 5 aromatic heterocycles. The summed E-state index contributed by atoms with van der Waals surface area (Å²) in [5, 5.41) is 40.5. The third-order valence-electron chi connectivity index (χ3n) is 6.58. The number of aliphatic hydroxyl groups is 1. The number of furan rings is 1. The average molecular weight is 661 g/mol. The molecule has 19 heteroatoms. The summed E-state index contributed by atoms with van der Waals surface area (Å²) in [6, 6.07) is 2.33. The Morgan fingerprint density at radius 1 is 0.911 bits per heavy atom. The molecule has 5 heterocycles. The van der Waals surface area contributed by atoms with E-state index in [1.807, 2.05) is 22.3 Å². The molecule has 12 nitrogen and oxygen atoms in total. The first-order chi connectivity index (χ1) is 21.1. The number of hydrogen-bond donors (Lipinski definition) is 4. The van der Waals surface area contributed by atoms with E-state index in [9.17, 15) is 31.4 Å². The van der Waals surface area contributed by atoms with Crippen molar-refractivity contribution in [3.05, 3.63) is 42.4 Å². The second kappa shape index (κ2) is 13.1. The highest BCUT2D eigenvalue weighted by Crippen LogP contribution is 2.40. The second-order valence-corrected chi connectivity index (χ2v) is 10.5. The van der Waals surface area contributed by atoms with Crippen LogP contribution < -0.4 is 5.73 Å². The van der Waals surface area contributed by atoms with Crippen LogP contribution in [-0.2, 0) is 9.59 Å². The molecule has 1 fully saturated rings. The Labute approximate surface area is 251 Å². The fraction of sp³-hybridized carbons (Fsp3) is 0.308. The number of nitrogen functional groups attached to an aromatic ring is 1. The van der Waals surface area contributed by atoms with Crippen molar-refractivity contribution in [2.45, 2.75) is 50.2 Å². The molecule has 1 saturated carbocycles. The van der Waals surface area contributed by atoms with Gasteiger partial charge in [0.2, 0.25) is 0 Å². The molecule has 0 atom stereocenters. The van der Waals surface area contributed by atoms with Gasteiger partial charge in [0.25, 0.3) is 0 Å². The number of pyridine rings is 1. The number of carboxylic acid groups (broad SMARTS) is 2. The molecule has 0 spiro atoms. The van der Waals surface area contributed by atoms with Crippen LogP contribution in [0.15, 0.2) is 46.8 Å². The van der Waals surface area contributed by atoms with Gasteiger partial charge in [-0.25, -0.2) is 14.6 Å². The molecule has 0 amide bonds. The molecule has 45 heavy (non-hydrogen) atoms. The third-order valence-corrected chi connectivity index (χ3v) is 7.51. The van der Waals surface area contributed by atoms with Gasteiger partial charge in [0, 0.05) is 45.2 Å². The lowest BCUT2D eigenvalue weighted by atomic mass is 9.93. The van der Waals surface area contributed by atoms with Crippen LogP contribution in [0.2, 0.25) is 0 Å². The van der Waals surface area contributed by atoms with Crippen molar-refractivity contribution in [3.63, 3.8) is 0 Å². The number of anilines is 1. The van der Waals surface area contributed by atoms with Crippen LogP contribution >= 0.6 is 11.3 Å². The van der Waals surface area contributed by atoms with Crippen LogP contribution in [0.5, 0.6) is 0 Å². The standard InChI is InChI=1S/C22H20N6O2S.2C2HF3O2/c23-22-21-15(5-19(30-21)18-11-31-20-9-26-25-8-17(18)20)16(7-24-22)12-6-27-28(10-12)13-1-3-14(29)4-2-13;2*3-2(4,5)1(6)7/h5-11,13-14,29H,1-4H2,(H2,23,24);2*(H,6,7). The Bertz CT molecular complexity index is 1790. The molecule has 240 valence electrons. The number of nitrogens with zero attached hydrogens (tertiary/aromatic N) is 5.